The second-order valence-electron chi connectivity index (χ2n) is 6.18. The van der Waals surface area contributed by atoms with Gasteiger partial charge < -0.3 is 15.1 Å². The molecular formula is C19H24N2O5S. The lowest BCUT2D eigenvalue weighted by atomic mass is 10.2. The summed E-state index contributed by atoms with van der Waals surface area (Å²) in [7, 11) is -3.82. The van der Waals surface area contributed by atoms with Crippen LogP contribution in [0.3, 0.4) is 0 Å². The summed E-state index contributed by atoms with van der Waals surface area (Å²) < 4.78 is 31.3. The van der Waals surface area contributed by atoms with Gasteiger partial charge in [0, 0.05) is 13.1 Å². The first-order valence-electron chi connectivity index (χ1n) is 8.76. The molecule has 2 rings (SSSR count). The lowest BCUT2D eigenvalue weighted by molar-refractivity contribution is -0.139. The van der Waals surface area contributed by atoms with Crippen molar-refractivity contribution in [2.45, 2.75) is 36.8 Å². The average Bonchev–Trinajstić information content (AvgIpc) is 3.16. The smallest absolute Gasteiger partial charge is 0.309 e. The minimum atomic E-state index is -3.82. The molecule has 1 aromatic carbocycles. The molecule has 8 heteroatoms. The van der Waals surface area contributed by atoms with Crippen LogP contribution in [0.2, 0.25) is 0 Å². The number of hydrogen-bond donors (Lipinski definition) is 2. The molecule has 2 N–H and O–H groups in total. The van der Waals surface area contributed by atoms with Crippen molar-refractivity contribution < 1.29 is 22.4 Å². The number of benzene rings is 1. The van der Waals surface area contributed by atoms with Crippen molar-refractivity contribution in [3.05, 3.63) is 54.0 Å². The van der Waals surface area contributed by atoms with Crippen LogP contribution >= 0.6 is 0 Å². The van der Waals surface area contributed by atoms with Gasteiger partial charge in [0.25, 0.3) is 0 Å². The zero-order valence-electron chi connectivity index (χ0n) is 15.4. The summed E-state index contributed by atoms with van der Waals surface area (Å²) in [5.41, 5.74) is 0.931. The van der Waals surface area contributed by atoms with Gasteiger partial charge >= 0.3 is 11.8 Å². The van der Waals surface area contributed by atoms with Crippen LogP contribution in [0, 0.1) is 6.92 Å². The minimum Gasteiger partial charge on any atom is -0.468 e. The zero-order chi connectivity index (χ0) is 19.9. The first-order valence-corrected chi connectivity index (χ1v) is 10.3. The van der Waals surface area contributed by atoms with E-state index in [-0.39, 0.29) is 17.2 Å². The number of carbonyl (C=O) groups excluding carboxylic acids is 2. The fraction of sp³-hybridized carbons (Fsp3) is 0.368. The van der Waals surface area contributed by atoms with Crippen molar-refractivity contribution in [2.24, 2.45) is 0 Å². The highest BCUT2D eigenvalue weighted by molar-refractivity contribution is 7.91. The van der Waals surface area contributed by atoms with Gasteiger partial charge in [0.2, 0.25) is 0 Å². The summed E-state index contributed by atoms with van der Waals surface area (Å²) in [5.74, 6) is -1.46. The van der Waals surface area contributed by atoms with Gasteiger partial charge in [-0.05, 0) is 37.6 Å². The van der Waals surface area contributed by atoms with E-state index >= 15 is 0 Å². The van der Waals surface area contributed by atoms with Crippen molar-refractivity contribution >= 4 is 21.7 Å². The van der Waals surface area contributed by atoms with Gasteiger partial charge in [-0.25, -0.2) is 8.42 Å². The lowest BCUT2D eigenvalue weighted by Gasteiger charge is -2.16. The molecule has 1 aromatic heterocycles. The highest BCUT2D eigenvalue weighted by atomic mass is 32.2. The number of amides is 2. The molecule has 0 unspecified atom stereocenters. The maximum absolute atomic E-state index is 13.0. The molecule has 146 valence electrons. The van der Waals surface area contributed by atoms with Gasteiger partial charge in [0.05, 0.1) is 11.2 Å². The Balaban J connectivity index is 2.15. The highest BCUT2D eigenvalue weighted by Gasteiger charge is 2.32. The first-order chi connectivity index (χ1) is 12.9. The molecule has 0 aliphatic heterocycles. The Kier molecular flexibility index (Phi) is 7.18. The van der Waals surface area contributed by atoms with E-state index in [4.69, 9.17) is 4.42 Å². The van der Waals surface area contributed by atoms with E-state index in [1.54, 1.807) is 18.2 Å². The molecule has 2 aromatic rings. The normalized spacial score (nSPS) is 12.4. The zero-order valence-corrected chi connectivity index (χ0v) is 16.2. The molecule has 0 bridgehead atoms. The van der Waals surface area contributed by atoms with E-state index in [9.17, 15) is 18.0 Å². The summed E-state index contributed by atoms with van der Waals surface area (Å²) in [6, 6.07) is 9.54. The fourth-order valence-corrected chi connectivity index (χ4v) is 4.04. The Labute approximate surface area is 159 Å². The maximum Gasteiger partial charge on any atom is 0.309 e. The number of sulfone groups is 1. The average molecular weight is 392 g/mol. The number of rotatable bonds is 8. The van der Waals surface area contributed by atoms with Crippen LogP contribution in [0.1, 0.15) is 36.3 Å². The summed E-state index contributed by atoms with van der Waals surface area (Å²) in [6.07, 6.45) is 3.01. The first kappa shape index (κ1) is 20.7. The third-order valence-corrected chi connectivity index (χ3v) is 6.13. The molecule has 1 atom stereocenters. The monoisotopic (exact) mass is 392 g/mol. The third-order valence-electron chi connectivity index (χ3n) is 4.05. The SMILES string of the molecule is CCCCNC(=O)C(=O)NC[C@H](c1ccco1)S(=O)(=O)c1ccc(C)cc1. The van der Waals surface area contributed by atoms with E-state index < -0.39 is 26.9 Å². The third kappa shape index (κ3) is 5.43. The van der Waals surface area contributed by atoms with Gasteiger partial charge in [-0.3, -0.25) is 9.59 Å². The van der Waals surface area contributed by atoms with Crippen LogP contribution in [0.25, 0.3) is 0 Å². The van der Waals surface area contributed by atoms with Crippen LogP contribution in [0.5, 0.6) is 0 Å². The second kappa shape index (κ2) is 9.36. The molecule has 1 heterocycles. The topological polar surface area (TPSA) is 105 Å². The van der Waals surface area contributed by atoms with Gasteiger partial charge in [0.1, 0.15) is 11.0 Å². The van der Waals surface area contributed by atoms with Gasteiger partial charge in [-0.15, -0.1) is 0 Å². The summed E-state index contributed by atoms with van der Waals surface area (Å²) in [5, 5.41) is 3.75. The van der Waals surface area contributed by atoms with E-state index in [1.165, 1.54) is 24.5 Å². The second-order valence-corrected chi connectivity index (χ2v) is 8.31. The Hall–Kier alpha value is -2.61. The number of hydrogen-bond acceptors (Lipinski definition) is 5. The Bertz CT molecular complexity index is 858. The molecule has 27 heavy (non-hydrogen) atoms. The van der Waals surface area contributed by atoms with Crippen molar-refractivity contribution in [1.29, 1.82) is 0 Å². The van der Waals surface area contributed by atoms with Crippen molar-refractivity contribution in [2.75, 3.05) is 13.1 Å². The van der Waals surface area contributed by atoms with Crippen LogP contribution in [-0.4, -0.2) is 33.3 Å². The minimum absolute atomic E-state index is 0.121. The van der Waals surface area contributed by atoms with E-state index in [0.29, 0.717) is 6.54 Å². The number of nitrogens with one attached hydrogen (secondary N) is 2. The van der Waals surface area contributed by atoms with E-state index in [2.05, 4.69) is 10.6 Å². The van der Waals surface area contributed by atoms with Crippen LogP contribution in [0.15, 0.2) is 52.0 Å². The summed E-state index contributed by atoms with van der Waals surface area (Å²) in [4.78, 5) is 23.9. The van der Waals surface area contributed by atoms with E-state index in [1.807, 2.05) is 13.8 Å². The predicted octanol–water partition coefficient (Wildman–Crippen LogP) is 2.14. The Morgan fingerprint density at radius 3 is 2.33 bits per heavy atom. The molecule has 7 nitrogen and oxygen atoms in total. The Morgan fingerprint density at radius 1 is 1.07 bits per heavy atom. The predicted molar refractivity (Wildman–Crippen MR) is 101 cm³/mol. The van der Waals surface area contributed by atoms with Crippen LogP contribution in [0.4, 0.5) is 0 Å². The summed E-state index contributed by atoms with van der Waals surface area (Å²) in [6.45, 7) is 3.95. The Morgan fingerprint density at radius 2 is 1.74 bits per heavy atom. The van der Waals surface area contributed by atoms with Gasteiger partial charge in [-0.2, -0.15) is 0 Å². The van der Waals surface area contributed by atoms with Crippen molar-refractivity contribution in [1.82, 2.24) is 10.6 Å². The number of unbranched alkanes of at least 4 members (excludes halogenated alkanes) is 1. The standard InChI is InChI=1S/C19H24N2O5S/c1-3-4-11-20-18(22)19(23)21-13-17(16-6-5-12-26-16)27(24,25)15-9-7-14(2)8-10-15/h5-10,12,17H,3-4,11,13H2,1-2H3,(H,20,22)(H,21,23)/t17-/m1/s1. The molecule has 0 saturated carbocycles. The number of aryl methyl sites for hydroxylation is 1. The van der Waals surface area contributed by atoms with Gasteiger partial charge in [-0.1, -0.05) is 31.0 Å². The highest BCUT2D eigenvalue weighted by Crippen LogP contribution is 2.29. The fourth-order valence-electron chi connectivity index (χ4n) is 2.45. The van der Waals surface area contributed by atoms with Crippen molar-refractivity contribution in [3.63, 3.8) is 0 Å². The molecule has 0 aliphatic rings. The van der Waals surface area contributed by atoms with E-state index in [0.717, 1.165) is 18.4 Å². The van der Waals surface area contributed by atoms with Crippen LogP contribution in [-0.2, 0) is 19.4 Å². The summed E-state index contributed by atoms with van der Waals surface area (Å²) >= 11 is 0. The lowest BCUT2D eigenvalue weighted by Crippen LogP contribution is -2.42. The molecule has 0 spiro atoms. The molecular weight excluding hydrogens is 368 g/mol. The van der Waals surface area contributed by atoms with Gasteiger partial charge in [0.15, 0.2) is 9.84 Å². The van der Waals surface area contributed by atoms with Crippen molar-refractivity contribution in [3.8, 4) is 0 Å². The molecule has 0 aliphatic carbocycles. The molecule has 0 fully saturated rings. The number of furan rings is 1. The molecule has 2 amide bonds. The largest absolute Gasteiger partial charge is 0.468 e. The molecule has 0 saturated heterocycles. The maximum atomic E-state index is 13.0. The molecule has 0 radical (unpaired) electrons. The quantitative estimate of drug-likeness (QED) is 0.529. The van der Waals surface area contributed by atoms with Crippen LogP contribution < -0.4 is 10.6 Å². The number of carbonyl (C=O) groups is 2.